The van der Waals surface area contributed by atoms with Gasteiger partial charge in [0.25, 0.3) is 0 Å². The van der Waals surface area contributed by atoms with E-state index in [-0.39, 0.29) is 0 Å². The Morgan fingerprint density at radius 3 is 1.10 bits per heavy atom. The largest absolute Gasteiger partial charge is 0.478 e. The van der Waals surface area contributed by atoms with Crippen molar-refractivity contribution in [3.05, 3.63) is 83.9 Å². The number of allylic oxidation sites excluding steroid dienone is 2. The van der Waals surface area contributed by atoms with Crippen molar-refractivity contribution < 1.29 is 30.0 Å². The van der Waals surface area contributed by atoms with E-state index < -0.39 is 11.9 Å². The lowest BCUT2D eigenvalue weighted by Gasteiger charge is -2.00. The van der Waals surface area contributed by atoms with Gasteiger partial charge in [-0.1, -0.05) is 61.4 Å². The summed E-state index contributed by atoms with van der Waals surface area (Å²) in [5, 5.41) is 30.8. The lowest BCUT2D eigenvalue weighted by molar-refractivity contribution is 0.0686. The molecule has 0 radical (unpaired) electrons. The summed E-state index contributed by atoms with van der Waals surface area (Å²) >= 11 is 0. The molecule has 4 N–H and O–H groups in total. The van der Waals surface area contributed by atoms with Crippen LogP contribution in [-0.4, -0.2) is 46.6 Å². The summed E-state index contributed by atoms with van der Waals surface area (Å²) in [6.45, 7) is 0. The lowest BCUT2D eigenvalue weighted by atomic mass is 10.1. The molecule has 0 amide bonds. The van der Waals surface area contributed by atoms with Gasteiger partial charge in [-0.2, -0.15) is 0 Å². The smallest absolute Gasteiger partial charge is 0.335 e. The quantitative estimate of drug-likeness (QED) is 0.517. The van der Waals surface area contributed by atoms with E-state index >= 15 is 0 Å². The molecule has 30 heavy (non-hydrogen) atoms. The fourth-order valence-corrected chi connectivity index (χ4v) is 2.28. The molecule has 2 aromatic rings. The molecule has 6 heteroatoms. The molecule has 3 rings (SSSR count). The summed E-state index contributed by atoms with van der Waals surface area (Å²) in [4.78, 5) is 20.4. The van der Waals surface area contributed by atoms with Crippen LogP contribution in [0.4, 0.5) is 0 Å². The molecule has 0 fully saturated rings. The van der Waals surface area contributed by atoms with Gasteiger partial charge in [0.05, 0.1) is 11.1 Å². The maximum absolute atomic E-state index is 10.2. The third-order valence-electron chi connectivity index (χ3n) is 3.70. The molecule has 0 spiro atoms. The van der Waals surface area contributed by atoms with Crippen LogP contribution in [-0.2, 0) is 0 Å². The molecule has 0 atom stereocenters. The van der Waals surface area contributed by atoms with E-state index in [0.717, 1.165) is 14.2 Å². The molecule has 0 unspecified atom stereocenters. The number of carbonyl (C=O) groups is 2. The normalized spacial score (nSPS) is 11.6. The van der Waals surface area contributed by atoms with Crippen LogP contribution in [0.5, 0.6) is 0 Å². The van der Waals surface area contributed by atoms with E-state index in [2.05, 4.69) is 12.2 Å². The maximum Gasteiger partial charge on any atom is 0.335 e. The summed E-state index contributed by atoms with van der Waals surface area (Å²) in [6, 6.07) is 16.6. The van der Waals surface area contributed by atoms with Crippen molar-refractivity contribution >= 4 is 11.9 Å². The molecular weight excluding hydrogens is 384 g/mol. The van der Waals surface area contributed by atoms with E-state index in [1.807, 2.05) is 0 Å². The minimum absolute atomic E-state index is 0.331. The van der Waals surface area contributed by atoms with Crippen molar-refractivity contribution in [1.29, 1.82) is 0 Å². The minimum Gasteiger partial charge on any atom is -0.478 e. The molecule has 0 saturated carbocycles. The molecule has 2 aromatic carbocycles. The second kappa shape index (κ2) is 22.3. The van der Waals surface area contributed by atoms with Crippen LogP contribution in [0, 0.1) is 0 Å². The predicted molar refractivity (Wildman–Crippen MR) is 120 cm³/mol. The number of benzene rings is 2. The number of aromatic carboxylic acids is 2. The average Bonchev–Trinajstić information content (AvgIpc) is 2.78. The highest BCUT2D eigenvalue weighted by molar-refractivity contribution is 5.87. The van der Waals surface area contributed by atoms with Crippen LogP contribution in [0.1, 0.15) is 59.2 Å². The third-order valence-corrected chi connectivity index (χ3v) is 3.70. The Morgan fingerprint density at radius 1 is 0.567 bits per heavy atom. The van der Waals surface area contributed by atoms with Gasteiger partial charge in [-0.25, -0.2) is 9.59 Å². The van der Waals surface area contributed by atoms with Crippen molar-refractivity contribution in [3.63, 3.8) is 0 Å². The molecular formula is C24H34O6. The number of aliphatic hydroxyl groups is 2. The molecule has 166 valence electrons. The second-order valence-corrected chi connectivity index (χ2v) is 5.81. The van der Waals surface area contributed by atoms with E-state index in [1.165, 1.54) is 38.5 Å². The van der Waals surface area contributed by atoms with Gasteiger partial charge >= 0.3 is 11.9 Å². The SMILES string of the molecule is C1=CCCCCCC1.CO.CO.O=C(O)c1ccccc1.O=C(O)c1ccccc1. The highest BCUT2D eigenvalue weighted by Crippen LogP contribution is 2.09. The molecule has 0 aromatic heterocycles. The Hall–Kier alpha value is -2.96. The summed E-state index contributed by atoms with van der Waals surface area (Å²) < 4.78 is 0. The lowest BCUT2D eigenvalue weighted by Crippen LogP contribution is -1.93. The number of rotatable bonds is 2. The Kier molecular flexibility index (Phi) is 21.8. The van der Waals surface area contributed by atoms with Gasteiger partial charge in [-0.3, -0.25) is 0 Å². The Balaban J connectivity index is 0. The predicted octanol–water partition coefficient (Wildman–Crippen LogP) is 4.88. The third kappa shape index (κ3) is 17.2. The van der Waals surface area contributed by atoms with Gasteiger partial charge in [0.1, 0.15) is 0 Å². The van der Waals surface area contributed by atoms with E-state index in [0.29, 0.717) is 11.1 Å². The van der Waals surface area contributed by atoms with Crippen LogP contribution in [0.15, 0.2) is 72.8 Å². The van der Waals surface area contributed by atoms with Crippen molar-refractivity contribution in [2.75, 3.05) is 14.2 Å². The van der Waals surface area contributed by atoms with E-state index in [4.69, 9.17) is 20.4 Å². The van der Waals surface area contributed by atoms with Gasteiger partial charge in [0.2, 0.25) is 0 Å². The van der Waals surface area contributed by atoms with Crippen LogP contribution < -0.4 is 0 Å². The standard InChI is InChI=1S/C8H14.2C7H6O2.2CH4O/c1-2-4-6-8-7-5-3-1;2*8-7(9)6-4-2-1-3-5-6;2*1-2/h1-2H,3-8H2;2*1-5H,(H,8,9);2*2H,1H3. The highest BCUT2D eigenvalue weighted by atomic mass is 16.4. The summed E-state index contributed by atoms with van der Waals surface area (Å²) in [6.07, 6.45) is 13.0. The van der Waals surface area contributed by atoms with Crippen molar-refractivity contribution in [3.8, 4) is 0 Å². The fourth-order valence-electron chi connectivity index (χ4n) is 2.28. The Labute approximate surface area is 179 Å². The summed E-state index contributed by atoms with van der Waals surface area (Å²) in [5.41, 5.74) is 0.662. The monoisotopic (exact) mass is 418 g/mol. The van der Waals surface area contributed by atoms with Crippen molar-refractivity contribution in [2.45, 2.75) is 38.5 Å². The summed E-state index contributed by atoms with van der Waals surface area (Å²) in [7, 11) is 2.00. The number of aliphatic hydroxyl groups excluding tert-OH is 2. The van der Waals surface area contributed by atoms with Crippen molar-refractivity contribution in [2.24, 2.45) is 0 Å². The first-order valence-corrected chi connectivity index (χ1v) is 9.72. The Bertz CT molecular complexity index is 609. The van der Waals surface area contributed by atoms with Crippen LogP contribution in [0.25, 0.3) is 0 Å². The average molecular weight is 419 g/mol. The first kappa shape index (κ1) is 29.2. The molecule has 0 aliphatic heterocycles. The number of carboxylic acid groups (broad SMARTS) is 2. The van der Waals surface area contributed by atoms with Gasteiger partial charge in [0, 0.05) is 14.2 Å². The molecule has 0 bridgehead atoms. The number of hydrogen-bond acceptors (Lipinski definition) is 4. The molecule has 0 heterocycles. The molecule has 0 saturated heterocycles. The van der Waals surface area contributed by atoms with E-state index in [9.17, 15) is 9.59 Å². The first-order chi connectivity index (χ1) is 14.6. The summed E-state index contributed by atoms with van der Waals surface area (Å²) in [5.74, 6) is -1.76. The topological polar surface area (TPSA) is 115 Å². The van der Waals surface area contributed by atoms with Gasteiger partial charge < -0.3 is 20.4 Å². The molecule has 1 aliphatic rings. The van der Waals surface area contributed by atoms with Gasteiger partial charge in [0.15, 0.2) is 0 Å². The van der Waals surface area contributed by atoms with Gasteiger partial charge in [-0.05, 0) is 49.9 Å². The zero-order valence-corrected chi connectivity index (χ0v) is 17.8. The van der Waals surface area contributed by atoms with Crippen molar-refractivity contribution in [1.82, 2.24) is 0 Å². The molecule has 1 aliphatic carbocycles. The van der Waals surface area contributed by atoms with Crippen LogP contribution >= 0.6 is 0 Å². The first-order valence-electron chi connectivity index (χ1n) is 9.72. The fraction of sp³-hybridized carbons (Fsp3) is 0.333. The zero-order valence-electron chi connectivity index (χ0n) is 17.8. The highest BCUT2D eigenvalue weighted by Gasteiger charge is 1.97. The van der Waals surface area contributed by atoms with E-state index in [1.54, 1.807) is 60.7 Å². The second-order valence-electron chi connectivity index (χ2n) is 5.81. The zero-order chi connectivity index (χ0) is 23.0. The minimum atomic E-state index is -0.879. The Morgan fingerprint density at radius 2 is 0.867 bits per heavy atom. The van der Waals surface area contributed by atoms with Crippen LogP contribution in [0.2, 0.25) is 0 Å². The maximum atomic E-state index is 10.2. The van der Waals surface area contributed by atoms with Crippen LogP contribution in [0.3, 0.4) is 0 Å². The van der Waals surface area contributed by atoms with Gasteiger partial charge in [-0.15, -0.1) is 0 Å². The number of carboxylic acids is 2. The number of hydrogen-bond donors (Lipinski definition) is 4. The molecule has 6 nitrogen and oxygen atoms in total.